The van der Waals surface area contributed by atoms with Gasteiger partial charge < -0.3 is 20.3 Å². The Kier molecular flexibility index (Phi) is 5.45. The van der Waals surface area contributed by atoms with Crippen LogP contribution in [-0.2, 0) is 11.3 Å². The number of ether oxygens (including phenoxy) is 1. The van der Waals surface area contributed by atoms with Crippen molar-refractivity contribution in [1.82, 2.24) is 15.3 Å². The van der Waals surface area contributed by atoms with Crippen molar-refractivity contribution in [3.63, 3.8) is 0 Å². The lowest BCUT2D eigenvalue weighted by Crippen LogP contribution is -2.37. The first-order valence-corrected chi connectivity index (χ1v) is 8.38. The zero-order chi connectivity index (χ0) is 17.6. The van der Waals surface area contributed by atoms with E-state index >= 15 is 0 Å². The summed E-state index contributed by atoms with van der Waals surface area (Å²) in [6, 6.07) is 7.47. The van der Waals surface area contributed by atoms with Crippen LogP contribution >= 0.6 is 0 Å². The maximum Gasteiger partial charge on any atom is 0.319 e. The van der Waals surface area contributed by atoms with E-state index < -0.39 is 0 Å². The lowest BCUT2D eigenvalue weighted by molar-refractivity contribution is 0.122. The first kappa shape index (κ1) is 17.2. The number of morpholine rings is 1. The maximum atomic E-state index is 12.1. The van der Waals surface area contributed by atoms with E-state index in [4.69, 9.17) is 4.74 Å². The summed E-state index contributed by atoms with van der Waals surface area (Å²) in [7, 11) is 0. The number of carbonyl (C=O) groups is 1. The van der Waals surface area contributed by atoms with Crippen LogP contribution in [0.3, 0.4) is 0 Å². The number of nitrogens with one attached hydrogen (secondary N) is 2. The molecule has 25 heavy (non-hydrogen) atoms. The van der Waals surface area contributed by atoms with Gasteiger partial charge in [0.15, 0.2) is 0 Å². The van der Waals surface area contributed by atoms with Gasteiger partial charge in [-0.3, -0.25) is 0 Å². The number of nitrogens with zero attached hydrogens (tertiary/aromatic N) is 3. The normalized spacial score (nSPS) is 14.2. The standard InChI is InChI=1S/C18H23N5O2/c1-13-3-4-16(14(2)11-13)22-18(24)20-12-15-5-6-19-17(21-15)23-7-9-25-10-8-23/h3-6,11H,7-10,12H2,1-2H3,(H2,20,22,24). The molecule has 0 bridgehead atoms. The Hall–Kier alpha value is -2.67. The highest BCUT2D eigenvalue weighted by Crippen LogP contribution is 2.16. The lowest BCUT2D eigenvalue weighted by Gasteiger charge is -2.26. The number of amides is 2. The summed E-state index contributed by atoms with van der Waals surface area (Å²) >= 11 is 0. The van der Waals surface area contributed by atoms with E-state index in [1.807, 2.05) is 32.0 Å². The summed E-state index contributed by atoms with van der Waals surface area (Å²) in [5.74, 6) is 0.678. The Bertz CT molecular complexity index is 744. The molecule has 7 nitrogen and oxygen atoms in total. The zero-order valence-electron chi connectivity index (χ0n) is 14.6. The highest BCUT2D eigenvalue weighted by molar-refractivity contribution is 5.90. The predicted molar refractivity (Wildman–Crippen MR) is 96.8 cm³/mol. The Balaban J connectivity index is 1.56. The van der Waals surface area contributed by atoms with E-state index in [0.29, 0.717) is 25.7 Å². The van der Waals surface area contributed by atoms with Crippen molar-refractivity contribution in [2.75, 3.05) is 36.5 Å². The third kappa shape index (κ3) is 4.67. The summed E-state index contributed by atoms with van der Waals surface area (Å²) in [4.78, 5) is 23.0. The van der Waals surface area contributed by atoms with Crippen LogP contribution in [0, 0.1) is 13.8 Å². The Labute approximate surface area is 147 Å². The number of urea groups is 1. The second kappa shape index (κ2) is 7.94. The number of benzene rings is 1. The van der Waals surface area contributed by atoms with E-state index in [1.165, 1.54) is 5.56 Å². The summed E-state index contributed by atoms with van der Waals surface area (Å²) in [6.45, 7) is 7.28. The molecule has 1 aromatic heterocycles. The fraction of sp³-hybridized carbons (Fsp3) is 0.389. The van der Waals surface area contributed by atoms with E-state index in [0.717, 1.165) is 30.0 Å². The molecule has 1 aliphatic rings. The Morgan fingerprint density at radius 1 is 1.24 bits per heavy atom. The quantitative estimate of drug-likeness (QED) is 0.892. The van der Waals surface area contributed by atoms with Crippen LogP contribution in [0.25, 0.3) is 0 Å². The van der Waals surface area contributed by atoms with Gasteiger partial charge in [-0.1, -0.05) is 17.7 Å². The molecular formula is C18H23N5O2. The molecule has 1 saturated heterocycles. The van der Waals surface area contributed by atoms with Gasteiger partial charge >= 0.3 is 6.03 Å². The molecular weight excluding hydrogens is 318 g/mol. The lowest BCUT2D eigenvalue weighted by atomic mass is 10.1. The molecule has 2 heterocycles. The van der Waals surface area contributed by atoms with Gasteiger partial charge in [-0.25, -0.2) is 14.8 Å². The minimum Gasteiger partial charge on any atom is -0.378 e. The fourth-order valence-electron chi connectivity index (χ4n) is 2.69. The molecule has 1 aliphatic heterocycles. The smallest absolute Gasteiger partial charge is 0.319 e. The van der Waals surface area contributed by atoms with E-state index in [2.05, 4.69) is 25.5 Å². The summed E-state index contributed by atoms with van der Waals surface area (Å²) in [5, 5.41) is 5.70. The van der Waals surface area contributed by atoms with Gasteiger partial charge in [0, 0.05) is 25.0 Å². The first-order valence-electron chi connectivity index (χ1n) is 8.38. The van der Waals surface area contributed by atoms with Crippen LogP contribution in [0.2, 0.25) is 0 Å². The molecule has 0 spiro atoms. The van der Waals surface area contributed by atoms with E-state index in [-0.39, 0.29) is 6.03 Å². The first-order chi connectivity index (χ1) is 12.1. The Morgan fingerprint density at radius 2 is 2.04 bits per heavy atom. The average Bonchev–Trinajstić information content (AvgIpc) is 2.63. The number of anilines is 2. The number of carbonyl (C=O) groups excluding carboxylic acids is 1. The van der Waals surface area contributed by atoms with Crippen molar-refractivity contribution in [3.8, 4) is 0 Å². The highest BCUT2D eigenvalue weighted by atomic mass is 16.5. The second-order valence-electron chi connectivity index (χ2n) is 6.07. The van der Waals surface area contributed by atoms with Crippen LogP contribution in [0.1, 0.15) is 16.8 Å². The third-order valence-electron chi connectivity index (χ3n) is 4.05. The van der Waals surface area contributed by atoms with Crippen LogP contribution in [-0.4, -0.2) is 42.3 Å². The molecule has 2 N–H and O–H groups in total. The van der Waals surface area contributed by atoms with Gasteiger partial charge in [-0.15, -0.1) is 0 Å². The van der Waals surface area contributed by atoms with E-state index in [1.54, 1.807) is 12.3 Å². The van der Waals surface area contributed by atoms with Gasteiger partial charge in [0.2, 0.25) is 5.95 Å². The molecule has 7 heteroatoms. The zero-order valence-corrected chi connectivity index (χ0v) is 14.6. The molecule has 0 radical (unpaired) electrons. The Morgan fingerprint density at radius 3 is 2.80 bits per heavy atom. The van der Waals surface area contributed by atoms with Gasteiger partial charge in [-0.05, 0) is 31.5 Å². The largest absolute Gasteiger partial charge is 0.378 e. The van der Waals surface area contributed by atoms with Crippen molar-refractivity contribution >= 4 is 17.7 Å². The summed E-state index contributed by atoms with van der Waals surface area (Å²) in [5.41, 5.74) is 3.78. The fourth-order valence-corrected chi connectivity index (χ4v) is 2.69. The van der Waals surface area contributed by atoms with Gasteiger partial charge in [0.1, 0.15) is 0 Å². The van der Waals surface area contributed by atoms with Crippen LogP contribution in [0.15, 0.2) is 30.5 Å². The minimum atomic E-state index is -0.251. The second-order valence-corrected chi connectivity index (χ2v) is 6.07. The van der Waals surface area contributed by atoms with Crippen LogP contribution in [0.5, 0.6) is 0 Å². The number of hydrogen-bond acceptors (Lipinski definition) is 5. The molecule has 0 atom stereocenters. The van der Waals surface area contributed by atoms with Crippen molar-refractivity contribution < 1.29 is 9.53 Å². The molecule has 1 fully saturated rings. The number of rotatable bonds is 4. The molecule has 2 aromatic rings. The molecule has 0 unspecified atom stereocenters. The van der Waals surface area contributed by atoms with Crippen LogP contribution in [0.4, 0.5) is 16.4 Å². The van der Waals surface area contributed by atoms with Crippen molar-refractivity contribution in [2.45, 2.75) is 20.4 Å². The van der Waals surface area contributed by atoms with E-state index in [9.17, 15) is 4.79 Å². The average molecular weight is 341 g/mol. The number of aromatic nitrogens is 2. The topological polar surface area (TPSA) is 79.4 Å². The number of hydrogen-bond donors (Lipinski definition) is 2. The molecule has 0 saturated carbocycles. The predicted octanol–water partition coefficient (Wildman–Crippen LogP) is 2.25. The highest BCUT2D eigenvalue weighted by Gasteiger charge is 2.14. The SMILES string of the molecule is Cc1ccc(NC(=O)NCc2ccnc(N3CCOCC3)n2)c(C)c1. The van der Waals surface area contributed by atoms with Gasteiger partial charge in [0.25, 0.3) is 0 Å². The monoisotopic (exact) mass is 341 g/mol. The molecule has 0 aliphatic carbocycles. The molecule has 1 aromatic carbocycles. The molecule has 3 rings (SSSR count). The number of aryl methyl sites for hydroxylation is 2. The van der Waals surface area contributed by atoms with Crippen LogP contribution < -0.4 is 15.5 Å². The maximum absolute atomic E-state index is 12.1. The van der Waals surface area contributed by atoms with Gasteiger partial charge in [0.05, 0.1) is 25.5 Å². The van der Waals surface area contributed by atoms with Crippen molar-refractivity contribution in [1.29, 1.82) is 0 Å². The molecule has 2 amide bonds. The van der Waals surface area contributed by atoms with Crippen molar-refractivity contribution in [2.24, 2.45) is 0 Å². The summed E-state index contributed by atoms with van der Waals surface area (Å²) in [6.07, 6.45) is 1.72. The van der Waals surface area contributed by atoms with Crippen molar-refractivity contribution in [3.05, 3.63) is 47.3 Å². The summed E-state index contributed by atoms with van der Waals surface area (Å²) < 4.78 is 5.34. The minimum absolute atomic E-state index is 0.251. The van der Waals surface area contributed by atoms with Gasteiger partial charge in [-0.2, -0.15) is 0 Å². The molecule has 132 valence electrons. The third-order valence-corrected chi connectivity index (χ3v) is 4.05.